The van der Waals surface area contributed by atoms with Crippen LogP contribution in [0.15, 0.2) is 29.2 Å². The zero-order valence-corrected chi connectivity index (χ0v) is 11.8. The fourth-order valence-corrected chi connectivity index (χ4v) is 1.33. The van der Waals surface area contributed by atoms with Crippen molar-refractivity contribution in [2.75, 3.05) is 13.2 Å². The summed E-state index contributed by atoms with van der Waals surface area (Å²) in [6, 6.07) is 5.21. The molecule has 0 saturated carbocycles. The molecule has 1 atom stereocenters. The zero-order valence-electron chi connectivity index (χ0n) is 9.60. The Balaban J connectivity index is 2.41. The standard InChI is InChI=1S/C12H12INO4/c1-2-5-17-12(15)11-4-3-10(18-11)8-16-7-9(13)6-14/h2-4,9H,1,5,7-8H2/t9-/m1/s1. The molecule has 0 saturated heterocycles. The molecule has 96 valence electrons. The van der Waals surface area contributed by atoms with Crippen LogP contribution in [0.5, 0.6) is 0 Å². The Labute approximate surface area is 118 Å². The van der Waals surface area contributed by atoms with Gasteiger partial charge in [0.25, 0.3) is 0 Å². The summed E-state index contributed by atoms with van der Waals surface area (Å²) >= 11 is 1.98. The van der Waals surface area contributed by atoms with Crippen molar-refractivity contribution in [1.82, 2.24) is 0 Å². The molecule has 5 nitrogen and oxygen atoms in total. The number of hydrogen-bond acceptors (Lipinski definition) is 5. The van der Waals surface area contributed by atoms with Gasteiger partial charge in [-0.05, 0) is 12.1 Å². The lowest BCUT2D eigenvalue weighted by atomic mass is 10.4. The van der Waals surface area contributed by atoms with E-state index in [1.165, 1.54) is 12.1 Å². The van der Waals surface area contributed by atoms with E-state index in [2.05, 4.69) is 6.58 Å². The van der Waals surface area contributed by atoms with E-state index < -0.39 is 5.97 Å². The predicted octanol–water partition coefficient (Wildman–Crippen LogP) is 2.47. The first-order valence-electron chi connectivity index (χ1n) is 5.15. The highest BCUT2D eigenvalue weighted by Gasteiger charge is 2.12. The summed E-state index contributed by atoms with van der Waals surface area (Å²) in [5.74, 6) is 0.105. The summed E-state index contributed by atoms with van der Waals surface area (Å²) < 4.78 is 15.1. The molecule has 0 spiro atoms. The molecule has 0 aliphatic rings. The molecule has 0 aromatic carbocycles. The number of carbonyl (C=O) groups excluding carboxylic acids is 1. The van der Waals surface area contributed by atoms with E-state index in [9.17, 15) is 4.79 Å². The average Bonchev–Trinajstić information content (AvgIpc) is 2.84. The van der Waals surface area contributed by atoms with Crippen LogP contribution in [0.4, 0.5) is 0 Å². The molecule has 1 heterocycles. The van der Waals surface area contributed by atoms with Crippen molar-refractivity contribution < 1.29 is 18.7 Å². The smallest absolute Gasteiger partial charge is 0.374 e. The van der Waals surface area contributed by atoms with Gasteiger partial charge in [-0.2, -0.15) is 5.26 Å². The highest BCUT2D eigenvalue weighted by atomic mass is 127. The maximum atomic E-state index is 11.4. The number of furan rings is 1. The lowest BCUT2D eigenvalue weighted by Gasteiger charge is -2.02. The number of alkyl halides is 1. The third kappa shape index (κ3) is 4.89. The minimum atomic E-state index is -0.537. The summed E-state index contributed by atoms with van der Waals surface area (Å²) in [6.45, 7) is 4.12. The van der Waals surface area contributed by atoms with Crippen LogP contribution in [-0.4, -0.2) is 23.1 Å². The van der Waals surface area contributed by atoms with Crippen LogP contribution in [0.2, 0.25) is 0 Å². The fourth-order valence-electron chi connectivity index (χ4n) is 1.07. The van der Waals surface area contributed by atoms with Gasteiger partial charge in [0.1, 0.15) is 22.9 Å². The number of nitriles is 1. The number of carbonyl (C=O) groups is 1. The van der Waals surface area contributed by atoms with Crippen LogP contribution in [0.25, 0.3) is 0 Å². The van der Waals surface area contributed by atoms with Gasteiger partial charge in [-0.3, -0.25) is 0 Å². The Morgan fingerprint density at radius 2 is 2.44 bits per heavy atom. The van der Waals surface area contributed by atoms with Gasteiger partial charge < -0.3 is 13.9 Å². The van der Waals surface area contributed by atoms with Gasteiger partial charge in [0.05, 0.1) is 12.7 Å². The van der Waals surface area contributed by atoms with Crippen LogP contribution >= 0.6 is 22.6 Å². The van der Waals surface area contributed by atoms with Gasteiger partial charge in [0.15, 0.2) is 0 Å². The topological polar surface area (TPSA) is 72.5 Å². The van der Waals surface area contributed by atoms with Crippen LogP contribution < -0.4 is 0 Å². The summed E-state index contributed by atoms with van der Waals surface area (Å²) in [6.07, 6.45) is 1.48. The first-order chi connectivity index (χ1) is 8.67. The third-order valence-electron chi connectivity index (χ3n) is 1.84. The molecular formula is C12H12INO4. The molecule has 0 aliphatic carbocycles. The van der Waals surface area contributed by atoms with Crippen molar-refractivity contribution in [2.45, 2.75) is 10.5 Å². The molecule has 0 amide bonds. The van der Waals surface area contributed by atoms with Crippen LogP contribution in [0.1, 0.15) is 16.3 Å². The second-order valence-corrected chi connectivity index (χ2v) is 4.77. The second kappa shape index (κ2) is 7.89. The molecule has 18 heavy (non-hydrogen) atoms. The number of esters is 1. The van der Waals surface area contributed by atoms with Gasteiger partial charge >= 0.3 is 5.97 Å². The highest BCUT2D eigenvalue weighted by Crippen LogP contribution is 2.11. The minimum Gasteiger partial charge on any atom is -0.456 e. The van der Waals surface area contributed by atoms with Gasteiger partial charge in [-0.25, -0.2) is 4.79 Å². The zero-order chi connectivity index (χ0) is 13.4. The Bertz CT molecular complexity index is 449. The molecule has 1 rings (SSSR count). The number of ether oxygens (including phenoxy) is 2. The normalized spacial score (nSPS) is 11.6. The number of halogens is 1. The van der Waals surface area contributed by atoms with Crippen molar-refractivity contribution in [3.05, 3.63) is 36.3 Å². The van der Waals surface area contributed by atoms with Gasteiger partial charge in [-0.1, -0.05) is 35.2 Å². The van der Waals surface area contributed by atoms with E-state index in [0.29, 0.717) is 12.4 Å². The first-order valence-corrected chi connectivity index (χ1v) is 6.40. The molecule has 0 radical (unpaired) electrons. The molecule has 0 unspecified atom stereocenters. The second-order valence-electron chi connectivity index (χ2n) is 3.26. The third-order valence-corrected chi connectivity index (χ3v) is 2.48. The van der Waals surface area contributed by atoms with Crippen molar-refractivity contribution in [2.24, 2.45) is 0 Å². The lowest BCUT2D eigenvalue weighted by Crippen LogP contribution is -2.05. The maximum absolute atomic E-state index is 11.4. The fraction of sp³-hybridized carbons (Fsp3) is 0.333. The first kappa shape index (κ1) is 14.7. The molecule has 6 heteroatoms. The average molecular weight is 361 g/mol. The molecule has 0 bridgehead atoms. The number of hydrogen-bond donors (Lipinski definition) is 0. The number of rotatable bonds is 7. The summed E-state index contributed by atoms with van der Waals surface area (Å²) in [5.41, 5.74) is 0. The lowest BCUT2D eigenvalue weighted by molar-refractivity contribution is 0.0503. The monoisotopic (exact) mass is 361 g/mol. The molecule has 0 N–H and O–H groups in total. The van der Waals surface area contributed by atoms with Crippen molar-refractivity contribution in [1.29, 1.82) is 5.26 Å². The maximum Gasteiger partial charge on any atom is 0.374 e. The molecule has 0 fully saturated rings. The van der Waals surface area contributed by atoms with Crippen LogP contribution in [-0.2, 0) is 16.1 Å². The molecular weight excluding hydrogens is 349 g/mol. The molecule has 1 aromatic rings. The number of nitrogens with zero attached hydrogens (tertiary/aromatic N) is 1. The van der Waals surface area contributed by atoms with E-state index >= 15 is 0 Å². The van der Waals surface area contributed by atoms with Gasteiger partial charge in [-0.15, -0.1) is 0 Å². The van der Waals surface area contributed by atoms with E-state index in [4.69, 9.17) is 19.2 Å². The van der Waals surface area contributed by atoms with E-state index in [1.54, 1.807) is 6.07 Å². The van der Waals surface area contributed by atoms with Crippen molar-refractivity contribution in [3.8, 4) is 6.07 Å². The summed E-state index contributed by atoms with van der Waals surface area (Å²) in [7, 11) is 0. The minimum absolute atomic E-state index is 0.127. The Morgan fingerprint density at radius 1 is 1.67 bits per heavy atom. The van der Waals surface area contributed by atoms with Crippen molar-refractivity contribution in [3.63, 3.8) is 0 Å². The summed E-state index contributed by atoms with van der Waals surface area (Å²) in [5, 5.41) is 8.56. The Hall–Kier alpha value is -1.33. The van der Waals surface area contributed by atoms with E-state index in [1.807, 2.05) is 28.7 Å². The van der Waals surface area contributed by atoms with Crippen LogP contribution in [0.3, 0.4) is 0 Å². The van der Waals surface area contributed by atoms with E-state index in [0.717, 1.165) is 0 Å². The SMILES string of the molecule is C=CCOC(=O)c1ccc(COC[C@H](I)C#N)o1. The largest absolute Gasteiger partial charge is 0.456 e. The molecule has 0 aliphatic heterocycles. The predicted molar refractivity (Wildman–Crippen MR) is 72.3 cm³/mol. The Kier molecular flexibility index (Phi) is 6.46. The van der Waals surface area contributed by atoms with E-state index in [-0.39, 0.29) is 22.9 Å². The van der Waals surface area contributed by atoms with Gasteiger partial charge in [0.2, 0.25) is 5.76 Å². The summed E-state index contributed by atoms with van der Waals surface area (Å²) in [4.78, 5) is 11.4. The van der Waals surface area contributed by atoms with Crippen molar-refractivity contribution >= 4 is 28.6 Å². The Morgan fingerprint density at radius 3 is 3.11 bits per heavy atom. The van der Waals surface area contributed by atoms with Gasteiger partial charge in [0, 0.05) is 0 Å². The highest BCUT2D eigenvalue weighted by molar-refractivity contribution is 14.1. The quantitative estimate of drug-likeness (QED) is 0.323. The molecule has 1 aromatic heterocycles. The van der Waals surface area contributed by atoms with Crippen LogP contribution in [0, 0.1) is 11.3 Å².